The summed E-state index contributed by atoms with van der Waals surface area (Å²) in [5, 5.41) is 4.82. The number of hydrogen-bond donors (Lipinski definition) is 1. The van der Waals surface area contributed by atoms with Crippen molar-refractivity contribution in [3.8, 4) is 22.4 Å². The summed E-state index contributed by atoms with van der Waals surface area (Å²) >= 11 is 6.70. The Labute approximate surface area is 196 Å². The third-order valence-electron chi connectivity index (χ3n) is 6.12. The molecule has 0 saturated carbocycles. The Morgan fingerprint density at radius 1 is 1.12 bits per heavy atom. The molecule has 1 aromatic carbocycles. The van der Waals surface area contributed by atoms with Crippen LogP contribution in [-0.2, 0) is 6.54 Å². The van der Waals surface area contributed by atoms with Crippen molar-refractivity contribution in [3.05, 3.63) is 69.8 Å². The molecular weight excluding hydrogens is 436 g/mol. The van der Waals surface area contributed by atoms with Crippen LogP contribution in [0.3, 0.4) is 0 Å². The van der Waals surface area contributed by atoms with E-state index in [1.807, 2.05) is 38.1 Å². The van der Waals surface area contributed by atoms with Gasteiger partial charge in [0.05, 0.1) is 17.6 Å². The summed E-state index contributed by atoms with van der Waals surface area (Å²) in [6.45, 7) is 5.36. The van der Waals surface area contributed by atoms with Gasteiger partial charge in [0.15, 0.2) is 0 Å². The van der Waals surface area contributed by atoms with Gasteiger partial charge in [-0.15, -0.1) is 0 Å². The molecule has 5 rings (SSSR count). The van der Waals surface area contributed by atoms with Crippen molar-refractivity contribution in [2.75, 3.05) is 6.54 Å². The van der Waals surface area contributed by atoms with Crippen LogP contribution in [0.15, 0.2) is 47.7 Å². The van der Waals surface area contributed by atoms with Gasteiger partial charge in [0.2, 0.25) is 0 Å². The maximum absolute atomic E-state index is 13.7. The number of hydrogen-bond acceptors (Lipinski definition) is 6. The van der Waals surface area contributed by atoms with Crippen LogP contribution >= 0.6 is 11.6 Å². The Bertz CT molecular complexity index is 1390. The average Bonchev–Trinajstić information content (AvgIpc) is 3.32. The van der Waals surface area contributed by atoms with Gasteiger partial charge >= 0.3 is 0 Å². The van der Waals surface area contributed by atoms with Crippen LogP contribution in [0.5, 0.6) is 0 Å². The predicted octanol–water partition coefficient (Wildman–Crippen LogP) is 4.33. The molecule has 4 aromatic rings. The highest BCUT2D eigenvalue weighted by atomic mass is 35.5. The molecule has 0 unspecified atom stereocenters. The minimum Gasteiger partial charge on any atom is -0.314 e. The van der Waals surface area contributed by atoms with Crippen molar-refractivity contribution in [2.24, 2.45) is 0 Å². The van der Waals surface area contributed by atoms with Crippen LogP contribution in [0.2, 0.25) is 5.02 Å². The first-order valence-electron chi connectivity index (χ1n) is 11.2. The van der Waals surface area contributed by atoms with Crippen molar-refractivity contribution < 1.29 is 0 Å². The van der Waals surface area contributed by atoms with Crippen molar-refractivity contribution in [3.63, 3.8) is 0 Å². The first-order valence-corrected chi connectivity index (χ1v) is 11.6. The normalized spacial score (nSPS) is 15.9. The monoisotopic (exact) mass is 460 g/mol. The minimum absolute atomic E-state index is 0.0939. The molecule has 8 heteroatoms. The molecule has 0 amide bonds. The van der Waals surface area contributed by atoms with E-state index in [1.54, 1.807) is 23.2 Å². The summed E-state index contributed by atoms with van der Waals surface area (Å²) in [4.78, 5) is 31.3. The zero-order valence-corrected chi connectivity index (χ0v) is 19.4. The second-order valence-corrected chi connectivity index (χ2v) is 8.94. The number of fused-ring (bicyclic) bond motifs is 1. The Morgan fingerprint density at radius 3 is 2.76 bits per heavy atom. The highest BCUT2D eigenvalue weighted by Crippen LogP contribution is 2.31. The number of rotatable bonds is 5. The lowest BCUT2D eigenvalue weighted by Crippen LogP contribution is -2.28. The number of halogens is 1. The topological polar surface area (TPSA) is 85.6 Å². The molecule has 1 aliphatic rings. The fraction of sp³-hybridized carbons (Fsp3) is 0.320. The second kappa shape index (κ2) is 9.00. The van der Waals surface area contributed by atoms with Gasteiger partial charge in [0.1, 0.15) is 11.5 Å². The second-order valence-electron chi connectivity index (χ2n) is 8.53. The maximum atomic E-state index is 13.7. The predicted molar refractivity (Wildman–Crippen MR) is 130 cm³/mol. The number of nitrogens with one attached hydrogen (secondary N) is 1. The zero-order chi connectivity index (χ0) is 22.9. The Hall–Kier alpha value is -3.16. The Balaban J connectivity index is 1.59. The van der Waals surface area contributed by atoms with Crippen LogP contribution in [0.1, 0.15) is 30.8 Å². The van der Waals surface area contributed by atoms with Crippen LogP contribution in [0.25, 0.3) is 33.4 Å². The first kappa shape index (κ1) is 21.7. The molecule has 1 aliphatic heterocycles. The van der Waals surface area contributed by atoms with E-state index in [-0.39, 0.29) is 5.56 Å². The smallest absolute Gasteiger partial charge is 0.260 e. The molecule has 1 fully saturated rings. The third kappa shape index (κ3) is 4.38. The van der Waals surface area contributed by atoms with Crippen LogP contribution in [-0.4, -0.2) is 37.1 Å². The molecule has 1 N–H and O–H groups in total. The van der Waals surface area contributed by atoms with Crippen molar-refractivity contribution in [1.82, 2.24) is 29.8 Å². The van der Waals surface area contributed by atoms with E-state index in [9.17, 15) is 4.79 Å². The lowest BCUT2D eigenvalue weighted by Gasteiger charge is -2.16. The number of nitrogens with zero attached hydrogens (tertiary/aromatic N) is 5. The summed E-state index contributed by atoms with van der Waals surface area (Å²) in [5.41, 5.74) is 4.22. The number of aromatic nitrogens is 5. The molecule has 0 aliphatic carbocycles. The summed E-state index contributed by atoms with van der Waals surface area (Å²) in [7, 11) is 0. The van der Waals surface area contributed by atoms with Crippen molar-refractivity contribution >= 4 is 22.6 Å². The molecule has 1 saturated heterocycles. The lowest BCUT2D eigenvalue weighted by molar-refractivity contribution is 0.504. The molecule has 3 aromatic heterocycles. The van der Waals surface area contributed by atoms with Crippen LogP contribution < -0.4 is 10.9 Å². The highest BCUT2D eigenvalue weighted by molar-refractivity contribution is 6.33. The Morgan fingerprint density at radius 2 is 2.00 bits per heavy atom. The van der Waals surface area contributed by atoms with E-state index in [0.717, 1.165) is 41.7 Å². The maximum Gasteiger partial charge on any atom is 0.260 e. The fourth-order valence-corrected chi connectivity index (χ4v) is 4.71. The number of benzene rings is 1. The quantitative estimate of drug-likeness (QED) is 0.477. The largest absolute Gasteiger partial charge is 0.314 e. The molecule has 7 nitrogen and oxygen atoms in total. The fourth-order valence-electron chi connectivity index (χ4n) is 4.43. The molecule has 33 heavy (non-hydrogen) atoms. The van der Waals surface area contributed by atoms with E-state index in [0.29, 0.717) is 40.2 Å². The number of aryl methyl sites for hydroxylation is 3. The summed E-state index contributed by atoms with van der Waals surface area (Å²) < 4.78 is 1.77. The molecular formula is C25H25ClN6O. The van der Waals surface area contributed by atoms with Crippen molar-refractivity contribution in [1.29, 1.82) is 0 Å². The molecule has 0 bridgehead atoms. The van der Waals surface area contributed by atoms with E-state index in [1.165, 1.54) is 6.42 Å². The van der Waals surface area contributed by atoms with E-state index >= 15 is 0 Å². The van der Waals surface area contributed by atoms with Crippen LogP contribution in [0.4, 0.5) is 0 Å². The third-order valence-corrected chi connectivity index (χ3v) is 6.43. The SMILES string of the molecule is Cc1cncc(-c2ccc(-c3cc4cnc(C)nc4n(CC[C@@H]4CCCN4)c3=O)c(Cl)c2)n1. The van der Waals surface area contributed by atoms with E-state index in [4.69, 9.17) is 11.6 Å². The summed E-state index contributed by atoms with van der Waals surface area (Å²) in [6, 6.07) is 7.91. The summed E-state index contributed by atoms with van der Waals surface area (Å²) in [5.74, 6) is 0.643. The summed E-state index contributed by atoms with van der Waals surface area (Å²) in [6.07, 6.45) is 8.38. The van der Waals surface area contributed by atoms with Crippen LogP contribution in [0, 0.1) is 13.8 Å². The van der Waals surface area contributed by atoms with Gasteiger partial charge in [-0.05, 0) is 51.8 Å². The van der Waals surface area contributed by atoms with Gasteiger partial charge in [-0.25, -0.2) is 15.0 Å². The van der Waals surface area contributed by atoms with Gasteiger partial charge in [-0.2, -0.15) is 0 Å². The Kier molecular flexibility index (Phi) is 5.91. The molecule has 0 spiro atoms. The average molecular weight is 461 g/mol. The lowest BCUT2D eigenvalue weighted by atomic mass is 10.0. The van der Waals surface area contributed by atoms with E-state index < -0.39 is 0 Å². The van der Waals surface area contributed by atoms with Gasteiger partial charge in [0, 0.05) is 52.1 Å². The highest BCUT2D eigenvalue weighted by Gasteiger charge is 2.18. The molecule has 4 heterocycles. The zero-order valence-electron chi connectivity index (χ0n) is 18.7. The van der Waals surface area contributed by atoms with Gasteiger partial charge in [0.25, 0.3) is 5.56 Å². The number of pyridine rings is 1. The molecule has 1 atom stereocenters. The van der Waals surface area contributed by atoms with Gasteiger partial charge in [-0.3, -0.25) is 14.3 Å². The minimum atomic E-state index is -0.0939. The first-order chi connectivity index (χ1) is 16.0. The van der Waals surface area contributed by atoms with Gasteiger partial charge in [-0.1, -0.05) is 23.7 Å². The van der Waals surface area contributed by atoms with Gasteiger partial charge < -0.3 is 5.32 Å². The molecule has 168 valence electrons. The van der Waals surface area contributed by atoms with E-state index in [2.05, 4.69) is 25.3 Å². The van der Waals surface area contributed by atoms with Crippen molar-refractivity contribution in [2.45, 2.75) is 45.7 Å². The standard InChI is InChI=1S/C25H25ClN6O/c1-15-12-27-14-23(30-15)17-5-6-20(22(26)11-17)21-10-18-13-29-16(2)31-24(18)32(25(21)33)9-7-19-4-3-8-28-19/h5-6,10-14,19,28H,3-4,7-9H2,1-2H3/t19-/m0/s1. The molecule has 0 radical (unpaired) electrons.